The number of fused-ring (bicyclic) bond motifs is 1. The summed E-state index contributed by atoms with van der Waals surface area (Å²) in [6.07, 6.45) is 11.3. The third-order valence-corrected chi connectivity index (χ3v) is 8.22. The van der Waals surface area contributed by atoms with Gasteiger partial charge in [0, 0.05) is 31.0 Å². The number of hydrogen-bond acceptors (Lipinski definition) is 3. The number of likely N-dealkylation sites (tertiary alicyclic amines) is 1. The van der Waals surface area contributed by atoms with Crippen LogP contribution in [-0.2, 0) is 16.6 Å². The molecule has 2 aromatic rings. The number of carbonyl (C=O) groups excluding carboxylic acids is 1. The Hall–Kier alpha value is -2.59. The Balaban J connectivity index is 1.34. The normalized spacial score (nSPS) is 24.4. The molecule has 1 heterocycles. The van der Waals surface area contributed by atoms with Crippen molar-refractivity contribution < 1.29 is 9.53 Å². The SMILES string of the molecule is C=CCN1CC[C@@]2(c3cccc(OC)c3)C[C@H](NC(=O)CCCCCc3ccccc3)CC[C@@H]2C1. The van der Waals surface area contributed by atoms with Gasteiger partial charge in [-0.2, -0.15) is 0 Å². The van der Waals surface area contributed by atoms with Crippen molar-refractivity contribution in [2.24, 2.45) is 5.92 Å². The van der Waals surface area contributed by atoms with E-state index in [1.807, 2.05) is 12.1 Å². The second kappa shape index (κ2) is 12.4. The standard InChI is InChI=1S/C31H42N2O2/c1-3-20-33-21-19-31(26-14-10-15-29(22-26)35-2)23-28(18-17-27(31)24-33)32-30(34)16-9-5-8-13-25-11-6-4-7-12-25/h3-4,6-7,10-12,14-15,22,27-28H,1,5,8-9,13,16-21,23-24H2,2H3,(H,32,34)/t27-,28-,31+/m1/s1. The molecule has 1 aliphatic heterocycles. The van der Waals surface area contributed by atoms with Gasteiger partial charge >= 0.3 is 0 Å². The molecule has 1 N–H and O–H groups in total. The molecule has 3 atom stereocenters. The molecule has 4 rings (SSSR count). The highest BCUT2D eigenvalue weighted by Crippen LogP contribution is 2.49. The number of methoxy groups -OCH3 is 1. The number of rotatable bonds is 11. The van der Waals surface area contributed by atoms with E-state index in [-0.39, 0.29) is 17.4 Å². The molecular weight excluding hydrogens is 432 g/mol. The Morgan fingerprint density at radius 3 is 2.80 bits per heavy atom. The summed E-state index contributed by atoms with van der Waals surface area (Å²) in [5.74, 6) is 1.73. The number of hydrogen-bond donors (Lipinski definition) is 1. The molecule has 0 radical (unpaired) electrons. The van der Waals surface area contributed by atoms with E-state index in [1.165, 1.54) is 11.1 Å². The van der Waals surface area contributed by atoms with Crippen molar-refractivity contribution >= 4 is 5.91 Å². The Kier molecular flexibility index (Phi) is 9.03. The van der Waals surface area contributed by atoms with E-state index in [0.29, 0.717) is 12.3 Å². The van der Waals surface area contributed by atoms with Gasteiger partial charge < -0.3 is 10.1 Å². The first-order chi connectivity index (χ1) is 17.1. The van der Waals surface area contributed by atoms with Crippen LogP contribution >= 0.6 is 0 Å². The summed E-state index contributed by atoms with van der Waals surface area (Å²) < 4.78 is 5.57. The van der Waals surface area contributed by atoms with Gasteiger partial charge in [-0.25, -0.2) is 0 Å². The average molecular weight is 475 g/mol. The van der Waals surface area contributed by atoms with Gasteiger partial charge in [0.25, 0.3) is 0 Å². The number of benzene rings is 2. The van der Waals surface area contributed by atoms with Crippen LogP contribution in [0.3, 0.4) is 0 Å². The molecule has 0 bridgehead atoms. The van der Waals surface area contributed by atoms with Crippen molar-refractivity contribution in [1.29, 1.82) is 0 Å². The Bertz CT molecular complexity index is 959. The molecule has 0 aromatic heterocycles. The van der Waals surface area contributed by atoms with Crippen LogP contribution in [0.5, 0.6) is 5.75 Å². The zero-order valence-corrected chi connectivity index (χ0v) is 21.4. The third-order valence-electron chi connectivity index (χ3n) is 8.22. The number of unbranched alkanes of at least 4 members (excludes halogenated alkanes) is 2. The number of ether oxygens (including phenoxy) is 1. The maximum Gasteiger partial charge on any atom is 0.220 e. The fraction of sp³-hybridized carbons (Fsp3) is 0.516. The quantitative estimate of drug-likeness (QED) is 0.325. The molecule has 1 aliphatic carbocycles. The highest BCUT2D eigenvalue weighted by atomic mass is 16.5. The number of carbonyl (C=O) groups is 1. The summed E-state index contributed by atoms with van der Waals surface area (Å²) in [5.41, 5.74) is 2.86. The van der Waals surface area contributed by atoms with E-state index in [2.05, 4.69) is 65.3 Å². The summed E-state index contributed by atoms with van der Waals surface area (Å²) in [7, 11) is 1.74. The first kappa shape index (κ1) is 25.5. The molecule has 35 heavy (non-hydrogen) atoms. The molecular formula is C31H42N2O2. The highest BCUT2D eigenvalue weighted by molar-refractivity contribution is 5.76. The molecule has 0 spiro atoms. The first-order valence-corrected chi connectivity index (χ1v) is 13.4. The van der Waals surface area contributed by atoms with Crippen LogP contribution in [0.4, 0.5) is 0 Å². The fourth-order valence-corrected chi connectivity index (χ4v) is 6.36. The summed E-state index contributed by atoms with van der Waals surface area (Å²) in [4.78, 5) is 15.4. The Labute approximate surface area is 211 Å². The topological polar surface area (TPSA) is 41.6 Å². The molecule has 1 saturated carbocycles. The van der Waals surface area contributed by atoms with Crippen LogP contribution in [0.2, 0.25) is 0 Å². The smallest absolute Gasteiger partial charge is 0.220 e. The van der Waals surface area contributed by atoms with Gasteiger partial charge in [-0.1, -0.05) is 55.0 Å². The van der Waals surface area contributed by atoms with Gasteiger partial charge in [-0.3, -0.25) is 9.69 Å². The molecule has 1 amide bonds. The van der Waals surface area contributed by atoms with E-state index in [4.69, 9.17) is 4.74 Å². The molecule has 2 aromatic carbocycles. The first-order valence-electron chi connectivity index (χ1n) is 13.4. The van der Waals surface area contributed by atoms with Crippen molar-refractivity contribution in [3.05, 3.63) is 78.4 Å². The van der Waals surface area contributed by atoms with Crippen LogP contribution in [0.25, 0.3) is 0 Å². The number of piperidine rings is 1. The van der Waals surface area contributed by atoms with Gasteiger partial charge in [0.2, 0.25) is 5.91 Å². The summed E-state index contributed by atoms with van der Waals surface area (Å²) >= 11 is 0. The fourth-order valence-electron chi connectivity index (χ4n) is 6.36. The maximum absolute atomic E-state index is 12.8. The van der Waals surface area contributed by atoms with Crippen LogP contribution in [-0.4, -0.2) is 43.6 Å². The Morgan fingerprint density at radius 2 is 2.00 bits per heavy atom. The minimum atomic E-state index is 0.0953. The van der Waals surface area contributed by atoms with Gasteiger partial charge in [0.15, 0.2) is 0 Å². The van der Waals surface area contributed by atoms with Crippen LogP contribution < -0.4 is 10.1 Å². The van der Waals surface area contributed by atoms with E-state index >= 15 is 0 Å². The largest absolute Gasteiger partial charge is 0.497 e. The van der Waals surface area contributed by atoms with Crippen molar-refractivity contribution in [3.8, 4) is 5.75 Å². The van der Waals surface area contributed by atoms with Crippen molar-refractivity contribution in [3.63, 3.8) is 0 Å². The molecule has 4 heteroatoms. The second-order valence-electron chi connectivity index (χ2n) is 10.5. The van der Waals surface area contributed by atoms with E-state index in [9.17, 15) is 4.79 Å². The predicted molar refractivity (Wildman–Crippen MR) is 144 cm³/mol. The number of amides is 1. The van der Waals surface area contributed by atoms with E-state index < -0.39 is 0 Å². The molecule has 2 fully saturated rings. The lowest BCUT2D eigenvalue weighted by atomic mass is 9.58. The molecule has 188 valence electrons. The van der Waals surface area contributed by atoms with Crippen LogP contribution in [0, 0.1) is 5.92 Å². The monoisotopic (exact) mass is 474 g/mol. The van der Waals surface area contributed by atoms with Gasteiger partial charge in [0.1, 0.15) is 5.75 Å². The molecule has 0 unspecified atom stereocenters. The summed E-state index contributed by atoms with van der Waals surface area (Å²) in [6.45, 7) is 7.07. The van der Waals surface area contributed by atoms with Crippen molar-refractivity contribution in [1.82, 2.24) is 10.2 Å². The molecule has 2 aliphatic rings. The van der Waals surface area contributed by atoms with Gasteiger partial charge in [-0.15, -0.1) is 6.58 Å². The third kappa shape index (κ3) is 6.55. The highest BCUT2D eigenvalue weighted by Gasteiger charge is 2.48. The second-order valence-corrected chi connectivity index (χ2v) is 10.5. The minimum Gasteiger partial charge on any atom is -0.497 e. The Morgan fingerprint density at radius 1 is 1.14 bits per heavy atom. The molecule has 4 nitrogen and oxygen atoms in total. The van der Waals surface area contributed by atoms with Crippen molar-refractivity contribution in [2.45, 2.75) is 69.2 Å². The van der Waals surface area contributed by atoms with Gasteiger partial charge in [0.05, 0.1) is 7.11 Å². The number of aryl methyl sites for hydroxylation is 1. The average Bonchev–Trinajstić information content (AvgIpc) is 2.89. The molecule has 1 saturated heterocycles. The maximum atomic E-state index is 12.8. The minimum absolute atomic E-state index is 0.0953. The van der Waals surface area contributed by atoms with E-state index in [1.54, 1.807) is 7.11 Å². The summed E-state index contributed by atoms with van der Waals surface area (Å²) in [5, 5.41) is 3.42. The zero-order valence-electron chi connectivity index (χ0n) is 21.4. The van der Waals surface area contributed by atoms with E-state index in [0.717, 1.165) is 76.8 Å². The predicted octanol–water partition coefficient (Wildman–Crippen LogP) is 5.91. The summed E-state index contributed by atoms with van der Waals surface area (Å²) in [6, 6.07) is 19.5. The van der Waals surface area contributed by atoms with Crippen molar-refractivity contribution in [2.75, 3.05) is 26.7 Å². The lowest BCUT2D eigenvalue weighted by molar-refractivity contribution is -0.122. The van der Waals surface area contributed by atoms with Crippen LogP contribution in [0.1, 0.15) is 62.5 Å². The number of nitrogens with zero attached hydrogens (tertiary/aromatic N) is 1. The lowest BCUT2D eigenvalue weighted by Crippen LogP contribution is -2.56. The van der Waals surface area contributed by atoms with Gasteiger partial charge in [-0.05, 0) is 80.7 Å². The zero-order chi connectivity index (χ0) is 24.5. The van der Waals surface area contributed by atoms with Crippen LogP contribution in [0.15, 0.2) is 67.3 Å². The lowest BCUT2D eigenvalue weighted by Gasteiger charge is -2.53. The number of nitrogens with one attached hydrogen (secondary N) is 1.